The van der Waals surface area contributed by atoms with Crippen LogP contribution in [0.3, 0.4) is 0 Å². The van der Waals surface area contributed by atoms with Crippen LogP contribution in [0.25, 0.3) is 45.9 Å². The molecule has 9 heteroatoms. The molecule has 3 amide bonds. The quantitative estimate of drug-likeness (QED) is 0.132. The highest BCUT2D eigenvalue weighted by molar-refractivity contribution is 6.36. The Bertz CT molecular complexity index is 2960. The lowest BCUT2D eigenvalue weighted by Gasteiger charge is -2.01. The number of aromatic nitrogens is 1. The van der Waals surface area contributed by atoms with Crippen molar-refractivity contribution in [1.29, 1.82) is 0 Å². The molecular weight excluding hydrogens is 817 g/mol. The van der Waals surface area contributed by atoms with E-state index >= 15 is 0 Å². The zero-order valence-electron chi connectivity index (χ0n) is 38.2. The van der Waals surface area contributed by atoms with Gasteiger partial charge in [-0.2, -0.15) is 0 Å². The van der Waals surface area contributed by atoms with E-state index in [9.17, 15) is 14.4 Å². The molecule has 9 nitrogen and oxygen atoms in total. The van der Waals surface area contributed by atoms with Crippen molar-refractivity contribution in [2.75, 3.05) is 16.0 Å². The average Bonchev–Trinajstić information content (AvgIpc) is 4.24. The van der Waals surface area contributed by atoms with Crippen LogP contribution in [0, 0.1) is 0 Å². The molecule has 6 aromatic carbocycles. The van der Waals surface area contributed by atoms with Gasteiger partial charge < -0.3 is 20.9 Å². The van der Waals surface area contributed by atoms with Crippen molar-refractivity contribution in [3.63, 3.8) is 0 Å². The Kier molecular flexibility index (Phi) is 14.9. The largest absolute Gasteiger partial charge is 0.361 e. The minimum Gasteiger partial charge on any atom is -0.361 e. The van der Waals surface area contributed by atoms with Gasteiger partial charge in [-0.1, -0.05) is 133 Å². The van der Waals surface area contributed by atoms with Gasteiger partial charge in [-0.25, -0.2) is 0 Å². The first-order valence-corrected chi connectivity index (χ1v) is 22.7. The van der Waals surface area contributed by atoms with E-state index in [1.165, 1.54) is 16.5 Å². The summed E-state index contributed by atoms with van der Waals surface area (Å²) in [7, 11) is 0. The van der Waals surface area contributed by atoms with E-state index < -0.39 is 0 Å². The highest BCUT2D eigenvalue weighted by atomic mass is 16.2. The van der Waals surface area contributed by atoms with E-state index in [-0.39, 0.29) is 17.7 Å². The number of carbonyl (C=O) groups is 3. The number of amides is 3. The van der Waals surface area contributed by atoms with Gasteiger partial charge in [0.2, 0.25) is 0 Å². The standard InChI is InChI=1S/3C17H12N2O.3C2H6/c20-17-15(14-3-1-2-4-16(14)19-17)8-11-5-6-12-9-18-10-13(12)7-11;2*20-17-14(13-3-1-2-4-15(13)19-17)9-11-5-6-12-7-8-18-16(12)10-11;3*1-2/h1-8,10H,9H2,(H,19,20);1-6,8-10H,7H2,(H,19,20);1-10,18H,(H,19,20);3*1-2H3. The van der Waals surface area contributed by atoms with Crippen molar-refractivity contribution < 1.29 is 14.4 Å². The number of fused-ring (bicyclic) bond motifs is 6. The zero-order valence-corrected chi connectivity index (χ0v) is 38.2. The number of carbonyl (C=O) groups excluding carboxylic acids is 3. The molecule has 7 aromatic rings. The first-order valence-electron chi connectivity index (χ1n) is 22.7. The lowest BCUT2D eigenvalue weighted by Crippen LogP contribution is -2.03. The predicted octanol–water partition coefficient (Wildman–Crippen LogP) is 13.3. The van der Waals surface area contributed by atoms with Crippen LogP contribution in [-0.4, -0.2) is 35.1 Å². The highest BCUT2D eigenvalue weighted by Gasteiger charge is 2.25. The lowest BCUT2D eigenvalue weighted by molar-refractivity contribution is -0.111. The molecular formula is C57H54N6O3. The van der Waals surface area contributed by atoms with E-state index in [1.807, 2.05) is 182 Å². The minimum absolute atomic E-state index is 0.0413. The third-order valence-electron chi connectivity index (χ3n) is 11.0. The highest BCUT2D eigenvalue weighted by Crippen LogP contribution is 2.36. The molecule has 0 radical (unpaired) electrons. The molecule has 12 rings (SSSR count). The van der Waals surface area contributed by atoms with E-state index in [1.54, 1.807) is 0 Å². The number of anilines is 3. The Labute approximate surface area is 386 Å². The third-order valence-corrected chi connectivity index (χ3v) is 11.0. The van der Waals surface area contributed by atoms with Crippen LogP contribution in [0.15, 0.2) is 150 Å². The molecule has 0 saturated heterocycles. The van der Waals surface area contributed by atoms with Gasteiger partial charge in [0.25, 0.3) is 17.7 Å². The van der Waals surface area contributed by atoms with Crippen molar-refractivity contribution in [1.82, 2.24) is 4.98 Å². The van der Waals surface area contributed by atoms with Crippen molar-refractivity contribution in [2.24, 2.45) is 9.98 Å². The van der Waals surface area contributed by atoms with Gasteiger partial charge in [0, 0.05) is 81.0 Å². The molecule has 6 heterocycles. The average molecular weight is 871 g/mol. The summed E-state index contributed by atoms with van der Waals surface area (Å²) in [6.45, 7) is 12.8. The van der Waals surface area contributed by atoms with Gasteiger partial charge in [-0.3, -0.25) is 24.4 Å². The number of nitrogens with zero attached hydrogens (tertiary/aromatic N) is 2. The third kappa shape index (κ3) is 9.96. The van der Waals surface area contributed by atoms with Crippen molar-refractivity contribution in [3.8, 4) is 0 Å². The maximum Gasteiger partial charge on any atom is 0.256 e. The van der Waals surface area contributed by atoms with Gasteiger partial charge in [0.15, 0.2) is 0 Å². The molecule has 5 aliphatic heterocycles. The number of hydrogen-bond acceptors (Lipinski definition) is 5. The summed E-state index contributed by atoms with van der Waals surface area (Å²) in [5, 5.41) is 9.82. The molecule has 0 unspecified atom stereocenters. The summed E-state index contributed by atoms with van der Waals surface area (Å²) < 4.78 is 0. The second kappa shape index (κ2) is 21.5. The summed E-state index contributed by atoms with van der Waals surface area (Å²) >= 11 is 0. The van der Waals surface area contributed by atoms with Gasteiger partial charge in [-0.15, -0.1) is 0 Å². The second-order valence-electron chi connectivity index (χ2n) is 14.8. The molecule has 5 aliphatic rings. The van der Waals surface area contributed by atoms with E-state index in [4.69, 9.17) is 0 Å². The van der Waals surface area contributed by atoms with Gasteiger partial charge in [0.1, 0.15) is 0 Å². The summed E-state index contributed by atoms with van der Waals surface area (Å²) in [6, 6.07) is 43.8. The van der Waals surface area contributed by atoms with Crippen molar-refractivity contribution >= 4 is 98.8 Å². The molecule has 4 N–H and O–H groups in total. The van der Waals surface area contributed by atoms with Gasteiger partial charge in [-0.05, 0) is 99.5 Å². The Morgan fingerprint density at radius 2 is 0.970 bits per heavy atom. The first-order chi connectivity index (χ1) is 32.4. The van der Waals surface area contributed by atoms with Gasteiger partial charge >= 0.3 is 0 Å². The maximum absolute atomic E-state index is 12.1. The number of aliphatic imine (C=N–C) groups is 2. The summed E-state index contributed by atoms with van der Waals surface area (Å²) in [4.78, 5) is 48.0. The fourth-order valence-corrected chi connectivity index (χ4v) is 7.92. The lowest BCUT2D eigenvalue weighted by atomic mass is 10.0. The molecule has 1 aromatic heterocycles. The molecule has 330 valence electrons. The smallest absolute Gasteiger partial charge is 0.256 e. The molecule has 0 aliphatic carbocycles. The summed E-state index contributed by atoms with van der Waals surface area (Å²) in [5.74, 6) is -0.131. The number of rotatable bonds is 3. The van der Waals surface area contributed by atoms with Crippen LogP contribution < -0.4 is 16.0 Å². The number of benzene rings is 6. The molecule has 0 atom stereocenters. The molecule has 66 heavy (non-hydrogen) atoms. The van der Waals surface area contributed by atoms with Crippen LogP contribution in [0.5, 0.6) is 0 Å². The van der Waals surface area contributed by atoms with Crippen LogP contribution in [-0.2, 0) is 27.3 Å². The normalized spacial score (nSPS) is 15.4. The SMILES string of the molecule is CC.CC.CC.O=C1Nc2ccccc2C1=Cc1ccc2c(c1)C=NC2.O=C1Nc2ccccc2C1=Cc1ccc2c(c1)N=CC2.O=C1Nc2ccccc2C1=Cc1ccc2cc[nH]c2c1. The Balaban J connectivity index is 0.000000139. The van der Waals surface area contributed by atoms with Crippen LogP contribution in [0.1, 0.15) is 91.6 Å². The molecule has 0 saturated carbocycles. The van der Waals surface area contributed by atoms with Crippen molar-refractivity contribution in [3.05, 3.63) is 190 Å². The Morgan fingerprint density at radius 3 is 1.52 bits per heavy atom. The topological polar surface area (TPSA) is 128 Å². The van der Waals surface area contributed by atoms with Crippen molar-refractivity contribution in [2.45, 2.75) is 54.5 Å². The Morgan fingerprint density at radius 1 is 0.500 bits per heavy atom. The molecule has 0 fully saturated rings. The van der Waals surface area contributed by atoms with Crippen LogP contribution in [0.2, 0.25) is 0 Å². The predicted molar refractivity (Wildman–Crippen MR) is 277 cm³/mol. The number of aromatic amines is 1. The van der Waals surface area contributed by atoms with E-state index in [0.29, 0.717) is 11.1 Å². The zero-order chi connectivity index (χ0) is 46.6. The Hall–Kier alpha value is -8.17. The maximum atomic E-state index is 12.1. The van der Waals surface area contributed by atoms with Gasteiger partial charge in [0.05, 0.1) is 12.2 Å². The number of nitrogens with one attached hydrogen (secondary N) is 4. The number of H-pyrrole nitrogens is 1. The number of para-hydroxylation sites is 3. The van der Waals surface area contributed by atoms with Crippen LogP contribution in [0.4, 0.5) is 22.7 Å². The van der Waals surface area contributed by atoms with E-state index in [0.717, 1.165) is 85.7 Å². The van der Waals surface area contributed by atoms with Crippen LogP contribution >= 0.6 is 0 Å². The summed E-state index contributed by atoms with van der Waals surface area (Å²) in [6.07, 6.45) is 12.4. The van der Waals surface area contributed by atoms with E-state index in [2.05, 4.69) is 61.3 Å². The molecule has 0 spiro atoms. The first kappa shape index (κ1) is 45.8. The number of hydrogen-bond donors (Lipinski definition) is 4. The fraction of sp³-hybridized carbons (Fsp3) is 0.140. The second-order valence-corrected chi connectivity index (χ2v) is 14.8. The minimum atomic E-state index is -0.0461. The summed E-state index contributed by atoms with van der Waals surface area (Å²) in [5.41, 5.74) is 16.4. The molecule has 0 bridgehead atoms. The monoisotopic (exact) mass is 870 g/mol. The fourth-order valence-electron chi connectivity index (χ4n) is 7.92.